The van der Waals surface area contributed by atoms with Crippen LogP contribution in [-0.2, 0) is 16.0 Å². The van der Waals surface area contributed by atoms with Crippen LogP contribution in [0.1, 0.15) is 12.5 Å². The van der Waals surface area contributed by atoms with Gasteiger partial charge < -0.3 is 15.6 Å². The zero-order valence-corrected chi connectivity index (χ0v) is 8.59. The van der Waals surface area contributed by atoms with E-state index in [1.165, 1.54) is 6.92 Å². The molecule has 0 amide bonds. The van der Waals surface area contributed by atoms with Crippen LogP contribution in [0.5, 0.6) is 0 Å². The Kier molecular flexibility index (Phi) is 6.84. The fraction of sp³-hybridized carbons (Fsp3) is 0.273. The molecular formula is C11H15NO3. The molecular weight excluding hydrogens is 194 g/mol. The molecule has 0 fully saturated rings. The molecule has 82 valence electrons. The van der Waals surface area contributed by atoms with Gasteiger partial charge in [-0.3, -0.25) is 4.79 Å². The summed E-state index contributed by atoms with van der Waals surface area (Å²) in [5.74, 6) is -0.963. The van der Waals surface area contributed by atoms with Crippen LogP contribution in [-0.4, -0.2) is 23.4 Å². The minimum absolute atomic E-state index is 0.529. The van der Waals surface area contributed by atoms with E-state index in [-0.39, 0.29) is 0 Å². The predicted octanol–water partition coefficient (Wildman–Crippen LogP) is 0.846. The van der Waals surface area contributed by atoms with E-state index in [4.69, 9.17) is 10.8 Å². The first kappa shape index (κ1) is 13.3. The van der Waals surface area contributed by atoms with Crippen molar-refractivity contribution in [2.24, 2.45) is 5.73 Å². The molecule has 0 saturated carbocycles. The van der Waals surface area contributed by atoms with E-state index < -0.39 is 12.0 Å². The maximum atomic E-state index is 9.97. The molecule has 1 atom stereocenters. The van der Waals surface area contributed by atoms with Gasteiger partial charge in [0.1, 0.15) is 12.3 Å². The Labute approximate surface area is 88.7 Å². The lowest BCUT2D eigenvalue weighted by Gasteiger charge is -1.90. The van der Waals surface area contributed by atoms with Crippen LogP contribution in [0.2, 0.25) is 0 Å². The van der Waals surface area contributed by atoms with Crippen LogP contribution >= 0.6 is 0 Å². The Morgan fingerprint density at radius 2 is 1.93 bits per heavy atom. The lowest BCUT2D eigenvalue weighted by atomic mass is 10.2. The molecule has 4 heteroatoms. The quantitative estimate of drug-likeness (QED) is 0.723. The van der Waals surface area contributed by atoms with Gasteiger partial charge in [-0.15, -0.1) is 0 Å². The van der Waals surface area contributed by atoms with Gasteiger partial charge in [-0.25, -0.2) is 0 Å². The number of rotatable bonds is 3. The van der Waals surface area contributed by atoms with Gasteiger partial charge in [0.2, 0.25) is 0 Å². The maximum absolute atomic E-state index is 9.97. The van der Waals surface area contributed by atoms with E-state index in [2.05, 4.69) is 0 Å². The number of carboxylic acid groups (broad SMARTS) is 1. The molecule has 1 aromatic carbocycles. The van der Waals surface area contributed by atoms with Gasteiger partial charge in [0.25, 0.3) is 0 Å². The zero-order chi connectivity index (χ0) is 11.7. The van der Waals surface area contributed by atoms with Crippen LogP contribution in [0.3, 0.4) is 0 Å². The van der Waals surface area contributed by atoms with Crippen LogP contribution in [0.15, 0.2) is 30.3 Å². The van der Waals surface area contributed by atoms with Crippen molar-refractivity contribution in [1.29, 1.82) is 0 Å². The first-order chi connectivity index (χ1) is 7.07. The fourth-order valence-electron chi connectivity index (χ4n) is 0.710. The van der Waals surface area contributed by atoms with Gasteiger partial charge in [-0.1, -0.05) is 30.3 Å². The molecule has 1 rings (SSSR count). The van der Waals surface area contributed by atoms with Crippen molar-refractivity contribution in [3.8, 4) is 0 Å². The van der Waals surface area contributed by atoms with Gasteiger partial charge in [0.15, 0.2) is 0 Å². The van der Waals surface area contributed by atoms with Crippen molar-refractivity contribution >= 4 is 12.3 Å². The van der Waals surface area contributed by atoms with Crippen LogP contribution in [0.25, 0.3) is 0 Å². The zero-order valence-electron chi connectivity index (χ0n) is 8.59. The summed E-state index contributed by atoms with van der Waals surface area (Å²) in [4.78, 5) is 19.5. The van der Waals surface area contributed by atoms with Crippen molar-refractivity contribution in [3.05, 3.63) is 35.9 Å². The molecule has 4 nitrogen and oxygen atoms in total. The molecule has 0 aliphatic carbocycles. The highest BCUT2D eigenvalue weighted by atomic mass is 16.4. The standard InChI is InChI=1S/C8H8O.C3H7NO2/c9-7-6-8-4-2-1-3-5-8;1-2(4)3(5)6/h1-5,7H,6H2;2H,4H2,1H3,(H,5,6). The summed E-state index contributed by atoms with van der Waals surface area (Å²) in [6.07, 6.45) is 1.44. The SMILES string of the molecule is CC(N)C(=O)O.O=CCc1ccccc1. The van der Waals surface area contributed by atoms with Gasteiger partial charge in [-0.05, 0) is 12.5 Å². The van der Waals surface area contributed by atoms with Crippen molar-refractivity contribution < 1.29 is 14.7 Å². The Hall–Kier alpha value is -1.68. The first-order valence-corrected chi connectivity index (χ1v) is 4.54. The largest absolute Gasteiger partial charge is 0.480 e. The summed E-state index contributed by atoms with van der Waals surface area (Å²) in [6, 6.07) is 8.94. The molecule has 0 aromatic heterocycles. The highest BCUT2D eigenvalue weighted by Gasteiger charge is 1.99. The van der Waals surface area contributed by atoms with Gasteiger partial charge in [0, 0.05) is 6.42 Å². The van der Waals surface area contributed by atoms with Crippen molar-refractivity contribution in [2.75, 3.05) is 0 Å². The lowest BCUT2D eigenvalue weighted by Crippen LogP contribution is -2.25. The normalized spacial score (nSPS) is 10.8. The molecule has 0 radical (unpaired) electrons. The second kappa shape index (κ2) is 7.70. The third-order valence-electron chi connectivity index (χ3n) is 1.55. The minimum atomic E-state index is -0.963. The number of nitrogens with two attached hydrogens (primary N) is 1. The van der Waals surface area contributed by atoms with Crippen LogP contribution in [0, 0.1) is 0 Å². The summed E-state index contributed by atoms with van der Waals surface area (Å²) in [5.41, 5.74) is 5.91. The number of aliphatic carboxylic acids is 1. The molecule has 0 bridgehead atoms. The predicted molar refractivity (Wildman–Crippen MR) is 57.5 cm³/mol. The summed E-state index contributed by atoms with van der Waals surface area (Å²) in [7, 11) is 0. The average molecular weight is 209 g/mol. The van der Waals surface area contributed by atoms with E-state index >= 15 is 0 Å². The van der Waals surface area contributed by atoms with Gasteiger partial charge in [-0.2, -0.15) is 0 Å². The van der Waals surface area contributed by atoms with E-state index in [1.807, 2.05) is 30.3 Å². The Morgan fingerprint density at radius 3 is 2.27 bits per heavy atom. The summed E-state index contributed by atoms with van der Waals surface area (Å²) >= 11 is 0. The molecule has 15 heavy (non-hydrogen) atoms. The molecule has 0 heterocycles. The minimum Gasteiger partial charge on any atom is -0.480 e. The summed E-state index contributed by atoms with van der Waals surface area (Å²) < 4.78 is 0. The highest BCUT2D eigenvalue weighted by Crippen LogP contribution is 1.96. The molecule has 0 aliphatic heterocycles. The number of hydrogen-bond acceptors (Lipinski definition) is 3. The van der Waals surface area contributed by atoms with E-state index in [1.54, 1.807) is 0 Å². The van der Waals surface area contributed by atoms with Crippen molar-refractivity contribution in [3.63, 3.8) is 0 Å². The molecule has 0 spiro atoms. The topological polar surface area (TPSA) is 80.4 Å². The van der Waals surface area contributed by atoms with E-state index in [0.29, 0.717) is 6.42 Å². The van der Waals surface area contributed by atoms with E-state index in [9.17, 15) is 9.59 Å². The number of carboxylic acids is 1. The maximum Gasteiger partial charge on any atom is 0.320 e. The van der Waals surface area contributed by atoms with Crippen molar-refractivity contribution in [2.45, 2.75) is 19.4 Å². The summed E-state index contributed by atoms with van der Waals surface area (Å²) in [6.45, 7) is 1.42. The highest BCUT2D eigenvalue weighted by molar-refractivity contribution is 5.72. The Morgan fingerprint density at radius 1 is 1.47 bits per heavy atom. The van der Waals surface area contributed by atoms with Gasteiger partial charge in [0.05, 0.1) is 0 Å². The summed E-state index contributed by atoms with van der Waals surface area (Å²) in [5, 5.41) is 7.87. The molecule has 0 aliphatic rings. The third-order valence-corrected chi connectivity index (χ3v) is 1.55. The first-order valence-electron chi connectivity index (χ1n) is 4.54. The average Bonchev–Trinajstić information content (AvgIpc) is 2.20. The lowest BCUT2D eigenvalue weighted by molar-refractivity contribution is -0.138. The fourth-order valence-corrected chi connectivity index (χ4v) is 0.710. The van der Waals surface area contributed by atoms with Crippen LogP contribution < -0.4 is 5.73 Å². The second-order valence-electron chi connectivity index (χ2n) is 2.98. The Bertz CT molecular complexity index is 296. The molecule has 0 saturated heterocycles. The van der Waals surface area contributed by atoms with Gasteiger partial charge >= 0.3 is 5.97 Å². The molecule has 1 aromatic rings. The molecule has 1 unspecified atom stereocenters. The second-order valence-corrected chi connectivity index (χ2v) is 2.98. The smallest absolute Gasteiger partial charge is 0.320 e. The van der Waals surface area contributed by atoms with Crippen LogP contribution in [0.4, 0.5) is 0 Å². The van der Waals surface area contributed by atoms with Crippen molar-refractivity contribution in [1.82, 2.24) is 0 Å². The number of hydrogen-bond donors (Lipinski definition) is 2. The monoisotopic (exact) mass is 209 g/mol. The third kappa shape index (κ3) is 7.40. The Balaban J connectivity index is 0.000000288. The number of aldehydes is 1. The van der Waals surface area contributed by atoms with E-state index in [0.717, 1.165) is 11.8 Å². The molecule has 3 N–H and O–H groups in total. The number of carbonyl (C=O) groups is 2. The number of carbonyl (C=O) groups excluding carboxylic acids is 1. The number of benzene rings is 1.